The number of hydrogen-bond donors (Lipinski definition) is 0. The third-order valence-electron chi connectivity index (χ3n) is 2.18. The minimum atomic E-state index is -0.569. The van der Waals surface area contributed by atoms with E-state index in [1.54, 1.807) is 36.4 Å². The van der Waals surface area contributed by atoms with Crippen molar-refractivity contribution < 1.29 is 18.7 Å². The summed E-state index contributed by atoms with van der Waals surface area (Å²) in [6.07, 6.45) is 4.87. The van der Waals surface area contributed by atoms with E-state index in [4.69, 9.17) is 9.15 Å². The second-order valence-electron chi connectivity index (χ2n) is 3.43. The minimum absolute atomic E-state index is 0.238. The van der Waals surface area contributed by atoms with E-state index in [1.807, 2.05) is 0 Å². The molecule has 2 aromatic rings. The zero-order chi connectivity index (χ0) is 12.8. The number of para-hydroxylation sites is 1. The lowest BCUT2D eigenvalue weighted by Gasteiger charge is -2.02. The van der Waals surface area contributed by atoms with E-state index in [9.17, 15) is 9.59 Å². The predicted molar refractivity (Wildman–Crippen MR) is 65.2 cm³/mol. The summed E-state index contributed by atoms with van der Waals surface area (Å²) in [6, 6.07) is 9.94. The minimum Gasteiger partial charge on any atom is -0.465 e. The molecular formula is C14H10O4. The SMILES string of the molecule is O=Cc1ccccc1OC(=O)C=Cc1ccco1. The first-order valence-electron chi connectivity index (χ1n) is 5.27. The zero-order valence-electron chi connectivity index (χ0n) is 9.41. The number of furan rings is 1. The maximum Gasteiger partial charge on any atom is 0.336 e. The van der Waals surface area contributed by atoms with Crippen LogP contribution in [-0.4, -0.2) is 12.3 Å². The summed E-state index contributed by atoms with van der Waals surface area (Å²) in [6.45, 7) is 0. The van der Waals surface area contributed by atoms with Gasteiger partial charge in [0, 0.05) is 6.08 Å². The highest BCUT2D eigenvalue weighted by Crippen LogP contribution is 2.16. The molecule has 0 radical (unpaired) electrons. The van der Waals surface area contributed by atoms with Crippen LogP contribution in [0.25, 0.3) is 6.08 Å². The van der Waals surface area contributed by atoms with Gasteiger partial charge in [0.1, 0.15) is 11.5 Å². The Bertz CT molecular complexity index is 567. The fourth-order valence-corrected chi connectivity index (χ4v) is 1.35. The molecule has 4 nitrogen and oxygen atoms in total. The van der Waals surface area contributed by atoms with Gasteiger partial charge in [-0.1, -0.05) is 12.1 Å². The summed E-state index contributed by atoms with van der Waals surface area (Å²) in [4.78, 5) is 22.2. The standard InChI is InChI=1S/C14H10O4/c15-10-11-4-1-2-6-13(11)18-14(16)8-7-12-5-3-9-17-12/h1-10H. The van der Waals surface area contributed by atoms with Gasteiger partial charge in [-0.25, -0.2) is 4.79 Å². The van der Waals surface area contributed by atoms with Gasteiger partial charge in [0.2, 0.25) is 0 Å². The highest BCUT2D eigenvalue weighted by Gasteiger charge is 2.05. The first-order valence-corrected chi connectivity index (χ1v) is 5.27. The van der Waals surface area contributed by atoms with Crippen LogP contribution in [0, 0.1) is 0 Å². The number of rotatable bonds is 4. The fourth-order valence-electron chi connectivity index (χ4n) is 1.35. The second-order valence-corrected chi connectivity index (χ2v) is 3.43. The molecule has 0 unspecified atom stereocenters. The van der Waals surface area contributed by atoms with E-state index in [2.05, 4.69) is 0 Å². The van der Waals surface area contributed by atoms with Gasteiger partial charge in [0.25, 0.3) is 0 Å². The Morgan fingerprint density at radius 3 is 2.72 bits per heavy atom. The van der Waals surface area contributed by atoms with Crippen molar-refractivity contribution in [1.82, 2.24) is 0 Å². The molecular weight excluding hydrogens is 232 g/mol. The van der Waals surface area contributed by atoms with Crippen molar-refractivity contribution in [3.8, 4) is 5.75 Å². The Kier molecular flexibility index (Phi) is 3.71. The monoisotopic (exact) mass is 242 g/mol. The lowest BCUT2D eigenvalue weighted by molar-refractivity contribution is -0.128. The number of carbonyl (C=O) groups is 2. The van der Waals surface area contributed by atoms with Crippen LogP contribution >= 0.6 is 0 Å². The topological polar surface area (TPSA) is 56.5 Å². The van der Waals surface area contributed by atoms with Gasteiger partial charge in [-0.2, -0.15) is 0 Å². The number of esters is 1. The Labute approximate surface area is 103 Å². The fraction of sp³-hybridized carbons (Fsp3) is 0. The Balaban J connectivity index is 2.05. The molecule has 0 spiro atoms. The molecule has 0 saturated carbocycles. The van der Waals surface area contributed by atoms with Gasteiger partial charge < -0.3 is 9.15 Å². The van der Waals surface area contributed by atoms with Gasteiger partial charge in [-0.3, -0.25) is 4.79 Å². The highest BCUT2D eigenvalue weighted by molar-refractivity contribution is 5.90. The van der Waals surface area contributed by atoms with Gasteiger partial charge >= 0.3 is 5.97 Å². The first-order chi connectivity index (χ1) is 8.79. The number of benzene rings is 1. The molecule has 18 heavy (non-hydrogen) atoms. The zero-order valence-corrected chi connectivity index (χ0v) is 9.41. The van der Waals surface area contributed by atoms with Crippen molar-refractivity contribution >= 4 is 18.3 Å². The molecule has 0 aliphatic heterocycles. The number of aldehydes is 1. The van der Waals surface area contributed by atoms with E-state index < -0.39 is 5.97 Å². The van der Waals surface area contributed by atoms with Crippen LogP contribution in [0.4, 0.5) is 0 Å². The molecule has 0 saturated heterocycles. The molecule has 0 fully saturated rings. The third-order valence-corrected chi connectivity index (χ3v) is 2.18. The van der Waals surface area contributed by atoms with Crippen molar-refractivity contribution in [2.24, 2.45) is 0 Å². The Hall–Kier alpha value is -2.62. The van der Waals surface area contributed by atoms with E-state index in [0.717, 1.165) is 0 Å². The van der Waals surface area contributed by atoms with E-state index in [-0.39, 0.29) is 5.75 Å². The molecule has 0 aliphatic carbocycles. The van der Waals surface area contributed by atoms with E-state index in [0.29, 0.717) is 17.6 Å². The predicted octanol–water partition coefficient (Wildman–Crippen LogP) is 2.71. The van der Waals surface area contributed by atoms with Crippen LogP contribution in [0.3, 0.4) is 0 Å². The molecule has 1 aromatic heterocycles. The number of carbonyl (C=O) groups excluding carboxylic acids is 2. The van der Waals surface area contributed by atoms with Crippen LogP contribution < -0.4 is 4.74 Å². The normalized spacial score (nSPS) is 10.4. The number of ether oxygens (including phenoxy) is 1. The van der Waals surface area contributed by atoms with Crippen molar-refractivity contribution in [1.29, 1.82) is 0 Å². The van der Waals surface area contributed by atoms with Crippen molar-refractivity contribution in [2.75, 3.05) is 0 Å². The summed E-state index contributed by atoms with van der Waals surface area (Å²) in [5.41, 5.74) is 0.331. The van der Waals surface area contributed by atoms with Crippen LogP contribution in [0.5, 0.6) is 5.75 Å². The summed E-state index contributed by atoms with van der Waals surface area (Å²) in [5.74, 6) is 0.220. The van der Waals surface area contributed by atoms with Crippen molar-refractivity contribution in [3.05, 3.63) is 60.1 Å². The van der Waals surface area contributed by atoms with Crippen molar-refractivity contribution in [3.63, 3.8) is 0 Å². The molecule has 4 heteroatoms. The lowest BCUT2D eigenvalue weighted by atomic mass is 10.2. The van der Waals surface area contributed by atoms with Gasteiger partial charge in [-0.15, -0.1) is 0 Å². The molecule has 2 rings (SSSR count). The maximum absolute atomic E-state index is 11.5. The van der Waals surface area contributed by atoms with E-state index in [1.165, 1.54) is 18.4 Å². The average molecular weight is 242 g/mol. The van der Waals surface area contributed by atoms with Gasteiger partial charge in [0.05, 0.1) is 11.8 Å². The summed E-state index contributed by atoms with van der Waals surface area (Å²) >= 11 is 0. The highest BCUT2D eigenvalue weighted by atomic mass is 16.5. The van der Waals surface area contributed by atoms with Gasteiger partial charge in [0.15, 0.2) is 6.29 Å². The van der Waals surface area contributed by atoms with Crippen LogP contribution in [-0.2, 0) is 4.79 Å². The average Bonchev–Trinajstić information content (AvgIpc) is 2.90. The lowest BCUT2D eigenvalue weighted by Crippen LogP contribution is -2.05. The quantitative estimate of drug-likeness (QED) is 0.358. The molecule has 0 amide bonds. The molecule has 0 atom stereocenters. The molecule has 0 bridgehead atoms. The smallest absolute Gasteiger partial charge is 0.336 e. The molecule has 0 N–H and O–H groups in total. The molecule has 1 aromatic carbocycles. The van der Waals surface area contributed by atoms with Crippen molar-refractivity contribution in [2.45, 2.75) is 0 Å². The molecule has 0 aliphatic rings. The largest absolute Gasteiger partial charge is 0.465 e. The third kappa shape index (κ3) is 2.95. The molecule has 1 heterocycles. The number of hydrogen-bond acceptors (Lipinski definition) is 4. The van der Waals surface area contributed by atoms with Crippen LogP contribution in [0.2, 0.25) is 0 Å². The molecule has 90 valence electrons. The first kappa shape index (κ1) is 11.9. The summed E-state index contributed by atoms with van der Waals surface area (Å²) < 4.78 is 10.1. The van der Waals surface area contributed by atoms with Crippen LogP contribution in [0.1, 0.15) is 16.1 Å². The summed E-state index contributed by atoms with van der Waals surface area (Å²) in [5, 5.41) is 0. The van der Waals surface area contributed by atoms with E-state index >= 15 is 0 Å². The Morgan fingerprint density at radius 1 is 1.17 bits per heavy atom. The second kappa shape index (κ2) is 5.63. The summed E-state index contributed by atoms with van der Waals surface area (Å²) in [7, 11) is 0. The Morgan fingerprint density at radius 2 is 2.00 bits per heavy atom. The van der Waals surface area contributed by atoms with Crippen LogP contribution in [0.15, 0.2) is 53.2 Å². The van der Waals surface area contributed by atoms with Gasteiger partial charge in [-0.05, 0) is 30.3 Å². The maximum atomic E-state index is 11.5.